The SMILES string of the molecule is O=C1C=CC(C(=O)Nc2nc(CC(=O)N3CCN(c4ccccc4F)CC3)cs2)C=N1. The zero-order valence-corrected chi connectivity index (χ0v) is 17.3. The second-order valence-electron chi connectivity index (χ2n) is 7.13. The number of nitrogens with one attached hydrogen (secondary N) is 1. The maximum atomic E-state index is 14.0. The average molecular weight is 441 g/mol. The number of halogens is 1. The van der Waals surface area contributed by atoms with Crippen LogP contribution >= 0.6 is 11.3 Å². The van der Waals surface area contributed by atoms with Crippen LogP contribution in [-0.2, 0) is 20.8 Å². The van der Waals surface area contributed by atoms with Gasteiger partial charge in [0, 0.05) is 43.8 Å². The number of thiazole rings is 1. The number of hydrogen-bond acceptors (Lipinski definition) is 6. The van der Waals surface area contributed by atoms with Crippen LogP contribution in [0.1, 0.15) is 5.69 Å². The fourth-order valence-electron chi connectivity index (χ4n) is 3.39. The lowest BCUT2D eigenvalue weighted by Gasteiger charge is -2.36. The van der Waals surface area contributed by atoms with Crippen LogP contribution in [0.3, 0.4) is 0 Å². The van der Waals surface area contributed by atoms with Gasteiger partial charge in [0.2, 0.25) is 11.8 Å². The summed E-state index contributed by atoms with van der Waals surface area (Å²) in [5.41, 5.74) is 1.13. The van der Waals surface area contributed by atoms with E-state index in [0.717, 1.165) is 0 Å². The van der Waals surface area contributed by atoms with Gasteiger partial charge in [0.05, 0.1) is 23.7 Å². The number of nitrogens with zero attached hydrogens (tertiary/aromatic N) is 4. The number of aliphatic imine (C=N–C) groups is 1. The minimum atomic E-state index is -0.627. The molecule has 160 valence electrons. The van der Waals surface area contributed by atoms with E-state index in [0.29, 0.717) is 42.7 Å². The molecule has 8 nitrogen and oxygen atoms in total. The maximum Gasteiger partial charge on any atom is 0.269 e. The highest BCUT2D eigenvalue weighted by molar-refractivity contribution is 7.14. The molecule has 31 heavy (non-hydrogen) atoms. The molecule has 10 heteroatoms. The molecule has 1 unspecified atom stereocenters. The molecule has 0 radical (unpaired) electrons. The first-order valence-electron chi connectivity index (χ1n) is 9.78. The van der Waals surface area contributed by atoms with E-state index in [1.165, 1.54) is 35.8 Å². The summed E-state index contributed by atoms with van der Waals surface area (Å²) in [4.78, 5) is 47.5. The maximum absolute atomic E-state index is 14.0. The first kappa shape index (κ1) is 20.9. The average Bonchev–Trinajstić information content (AvgIpc) is 3.21. The summed E-state index contributed by atoms with van der Waals surface area (Å²) in [7, 11) is 0. The normalized spacial score (nSPS) is 18.4. The largest absolute Gasteiger partial charge is 0.366 e. The van der Waals surface area contributed by atoms with E-state index in [9.17, 15) is 18.8 Å². The molecule has 0 spiro atoms. The highest BCUT2D eigenvalue weighted by Crippen LogP contribution is 2.21. The zero-order valence-electron chi connectivity index (χ0n) is 16.5. The number of benzene rings is 1. The van der Waals surface area contributed by atoms with E-state index in [1.54, 1.807) is 28.5 Å². The van der Waals surface area contributed by atoms with E-state index < -0.39 is 11.8 Å². The third kappa shape index (κ3) is 5.02. The van der Waals surface area contributed by atoms with Gasteiger partial charge in [0.15, 0.2) is 5.13 Å². The van der Waals surface area contributed by atoms with Gasteiger partial charge in [-0.1, -0.05) is 18.2 Å². The molecule has 3 heterocycles. The Bertz CT molecular complexity index is 1040. The molecule has 1 atom stereocenters. The molecule has 0 saturated carbocycles. The lowest BCUT2D eigenvalue weighted by molar-refractivity contribution is -0.130. The molecule has 1 N–H and O–H groups in total. The van der Waals surface area contributed by atoms with Crippen LogP contribution in [0.5, 0.6) is 0 Å². The van der Waals surface area contributed by atoms with Crippen molar-refractivity contribution in [2.24, 2.45) is 10.9 Å². The van der Waals surface area contributed by atoms with Gasteiger partial charge in [-0.15, -0.1) is 11.3 Å². The van der Waals surface area contributed by atoms with Gasteiger partial charge in [-0.25, -0.2) is 14.4 Å². The number of anilines is 2. The first-order valence-corrected chi connectivity index (χ1v) is 10.7. The van der Waals surface area contributed by atoms with Crippen molar-refractivity contribution in [3.8, 4) is 0 Å². The summed E-state index contributed by atoms with van der Waals surface area (Å²) in [6.45, 7) is 2.13. The van der Waals surface area contributed by atoms with Crippen LogP contribution in [0.4, 0.5) is 15.2 Å². The number of aromatic nitrogens is 1. The molecule has 3 amide bonds. The summed E-state index contributed by atoms with van der Waals surface area (Å²) in [5, 5.41) is 4.80. The van der Waals surface area contributed by atoms with Gasteiger partial charge < -0.3 is 15.1 Å². The molecule has 1 saturated heterocycles. The molecule has 1 fully saturated rings. The Morgan fingerprint density at radius 3 is 2.68 bits per heavy atom. The van der Waals surface area contributed by atoms with E-state index in [-0.39, 0.29) is 24.1 Å². The number of amides is 3. The smallest absolute Gasteiger partial charge is 0.269 e. The van der Waals surface area contributed by atoms with Gasteiger partial charge >= 0.3 is 0 Å². The van der Waals surface area contributed by atoms with Crippen molar-refractivity contribution < 1.29 is 18.8 Å². The van der Waals surface area contributed by atoms with E-state index in [2.05, 4.69) is 15.3 Å². The lowest BCUT2D eigenvalue weighted by atomic mass is 10.1. The lowest BCUT2D eigenvalue weighted by Crippen LogP contribution is -2.49. The van der Waals surface area contributed by atoms with Gasteiger partial charge in [-0.3, -0.25) is 14.4 Å². The molecule has 0 aliphatic carbocycles. The molecule has 0 bridgehead atoms. The first-order chi connectivity index (χ1) is 15.0. The predicted octanol–water partition coefficient (Wildman–Crippen LogP) is 1.90. The number of para-hydroxylation sites is 1. The summed E-state index contributed by atoms with van der Waals surface area (Å²) < 4.78 is 14.0. The summed E-state index contributed by atoms with van der Waals surface area (Å²) in [5.74, 6) is -1.69. The Kier molecular flexibility index (Phi) is 6.17. The van der Waals surface area contributed by atoms with E-state index in [1.807, 2.05) is 4.90 Å². The number of carbonyl (C=O) groups is 3. The second-order valence-corrected chi connectivity index (χ2v) is 7.99. The molecular weight excluding hydrogens is 421 g/mol. The minimum absolute atomic E-state index is 0.0581. The number of rotatable bonds is 5. The molecule has 2 aliphatic rings. The fraction of sp³-hybridized carbons (Fsp3) is 0.286. The van der Waals surface area contributed by atoms with Crippen molar-refractivity contribution in [2.75, 3.05) is 36.4 Å². The van der Waals surface area contributed by atoms with Crippen molar-refractivity contribution in [1.82, 2.24) is 9.88 Å². The number of hydrogen-bond donors (Lipinski definition) is 1. The molecule has 1 aromatic heterocycles. The number of dihydropyridines is 1. The zero-order chi connectivity index (χ0) is 21.8. The van der Waals surface area contributed by atoms with Crippen molar-refractivity contribution in [3.05, 3.63) is 53.3 Å². The fourth-order valence-corrected chi connectivity index (χ4v) is 4.11. The molecule has 1 aromatic carbocycles. The summed E-state index contributed by atoms with van der Waals surface area (Å²) >= 11 is 1.23. The monoisotopic (exact) mass is 441 g/mol. The number of carbonyl (C=O) groups excluding carboxylic acids is 3. The third-order valence-corrected chi connectivity index (χ3v) is 5.86. The molecule has 2 aliphatic heterocycles. The highest BCUT2D eigenvalue weighted by atomic mass is 32.1. The van der Waals surface area contributed by atoms with Crippen LogP contribution in [-0.4, -0.2) is 60.0 Å². The van der Waals surface area contributed by atoms with Gasteiger partial charge in [0.25, 0.3) is 5.91 Å². The van der Waals surface area contributed by atoms with Crippen molar-refractivity contribution in [1.29, 1.82) is 0 Å². The Morgan fingerprint density at radius 1 is 1.19 bits per heavy atom. The Balaban J connectivity index is 1.28. The summed E-state index contributed by atoms with van der Waals surface area (Å²) in [6.07, 6.45) is 4.15. The van der Waals surface area contributed by atoms with Gasteiger partial charge in [-0.2, -0.15) is 0 Å². The van der Waals surface area contributed by atoms with Crippen LogP contribution in [0, 0.1) is 11.7 Å². The van der Waals surface area contributed by atoms with Crippen molar-refractivity contribution >= 4 is 46.1 Å². The summed E-state index contributed by atoms with van der Waals surface area (Å²) in [6, 6.07) is 6.63. The minimum Gasteiger partial charge on any atom is -0.366 e. The Morgan fingerprint density at radius 2 is 1.97 bits per heavy atom. The predicted molar refractivity (Wildman–Crippen MR) is 116 cm³/mol. The third-order valence-electron chi connectivity index (χ3n) is 5.05. The standard InChI is InChI=1S/C21H20FN5O3S/c22-16-3-1-2-4-17(16)26-7-9-27(10-8-26)19(29)11-15-13-31-21(24-15)25-20(30)14-5-6-18(28)23-12-14/h1-6,12-14H,7-11H2,(H,24,25,30). The van der Waals surface area contributed by atoms with E-state index in [4.69, 9.17) is 0 Å². The van der Waals surface area contributed by atoms with Gasteiger partial charge in [0.1, 0.15) is 5.82 Å². The Labute approximate surface area is 182 Å². The van der Waals surface area contributed by atoms with Crippen molar-refractivity contribution in [3.63, 3.8) is 0 Å². The van der Waals surface area contributed by atoms with E-state index >= 15 is 0 Å². The molecule has 2 aromatic rings. The van der Waals surface area contributed by atoms with Crippen LogP contribution in [0.15, 0.2) is 46.8 Å². The van der Waals surface area contributed by atoms with Crippen molar-refractivity contribution in [2.45, 2.75) is 6.42 Å². The van der Waals surface area contributed by atoms with Crippen LogP contribution < -0.4 is 10.2 Å². The topological polar surface area (TPSA) is 95.0 Å². The quantitative estimate of drug-likeness (QED) is 0.765. The van der Waals surface area contributed by atoms with Crippen LogP contribution in [0.2, 0.25) is 0 Å². The highest BCUT2D eigenvalue weighted by Gasteiger charge is 2.24. The van der Waals surface area contributed by atoms with Crippen LogP contribution in [0.25, 0.3) is 0 Å². The molecular formula is C21H20FN5O3S. The molecule has 4 rings (SSSR count). The van der Waals surface area contributed by atoms with Gasteiger partial charge in [-0.05, 0) is 12.1 Å². The number of piperazine rings is 1. The Hall–Kier alpha value is -3.40. The second kappa shape index (κ2) is 9.17.